The summed E-state index contributed by atoms with van der Waals surface area (Å²) >= 11 is 0. The lowest BCUT2D eigenvalue weighted by molar-refractivity contribution is -0.137. The van der Waals surface area contributed by atoms with Crippen LogP contribution in [0.15, 0.2) is 18.2 Å². The lowest BCUT2D eigenvalue weighted by atomic mass is 9.95. The van der Waals surface area contributed by atoms with Gasteiger partial charge in [-0.05, 0) is 36.1 Å². The minimum absolute atomic E-state index is 0.352. The topological polar surface area (TPSA) is 72.6 Å². The second kappa shape index (κ2) is 3.24. The van der Waals surface area contributed by atoms with E-state index in [4.69, 9.17) is 10.5 Å². The normalized spacial score (nSPS) is 23.6. The van der Waals surface area contributed by atoms with Crippen LogP contribution in [0, 0.1) is 0 Å². The minimum Gasteiger partial charge on any atom is -0.497 e. The third-order valence-electron chi connectivity index (χ3n) is 2.93. The molecule has 1 aliphatic rings. The van der Waals surface area contributed by atoms with E-state index in [2.05, 4.69) is 0 Å². The first-order chi connectivity index (χ1) is 7.08. The van der Waals surface area contributed by atoms with Crippen LogP contribution in [0.4, 0.5) is 0 Å². The standard InChI is InChI=1S/C11H13NO3/c1-15-8-3-2-7-4-5-11(14,10(12)13)9(7)6-8/h2-3,6,14H,4-5H2,1H3,(H2,12,13). The van der Waals surface area contributed by atoms with Crippen LogP contribution >= 0.6 is 0 Å². The van der Waals surface area contributed by atoms with Crippen molar-refractivity contribution in [1.82, 2.24) is 0 Å². The molecule has 2 rings (SSSR count). The number of aryl methyl sites for hydroxylation is 1. The average Bonchev–Trinajstić information content (AvgIpc) is 2.57. The van der Waals surface area contributed by atoms with Gasteiger partial charge in [-0.1, -0.05) is 6.07 Å². The summed E-state index contributed by atoms with van der Waals surface area (Å²) in [4.78, 5) is 11.2. The molecule has 1 aliphatic carbocycles. The van der Waals surface area contributed by atoms with Gasteiger partial charge >= 0.3 is 0 Å². The van der Waals surface area contributed by atoms with E-state index in [0.29, 0.717) is 24.2 Å². The zero-order valence-corrected chi connectivity index (χ0v) is 8.49. The summed E-state index contributed by atoms with van der Waals surface area (Å²) in [6.45, 7) is 0. The highest BCUT2D eigenvalue weighted by Crippen LogP contribution is 2.38. The first kappa shape index (κ1) is 9.98. The average molecular weight is 207 g/mol. The van der Waals surface area contributed by atoms with E-state index in [9.17, 15) is 9.90 Å². The van der Waals surface area contributed by atoms with E-state index in [0.717, 1.165) is 5.56 Å². The van der Waals surface area contributed by atoms with Gasteiger partial charge in [-0.3, -0.25) is 4.79 Å². The molecule has 1 amide bonds. The highest BCUT2D eigenvalue weighted by Gasteiger charge is 2.42. The largest absolute Gasteiger partial charge is 0.497 e. The molecule has 1 aromatic rings. The molecule has 1 aromatic carbocycles. The maximum atomic E-state index is 11.2. The summed E-state index contributed by atoms with van der Waals surface area (Å²) in [7, 11) is 1.54. The van der Waals surface area contributed by atoms with Gasteiger partial charge in [-0.25, -0.2) is 0 Å². The number of methoxy groups -OCH3 is 1. The van der Waals surface area contributed by atoms with Crippen LogP contribution in [-0.4, -0.2) is 18.1 Å². The number of fused-ring (bicyclic) bond motifs is 1. The van der Waals surface area contributed by atoms with Gasteiger partial charge in [0.25, 0.3) is 5.91 Å². The van der Waals surface area contributed by atoms with Crippen molar-refractivity contribution in [2.45, 2.75) is 18.4 Å². The SMILES string of the molecule is COc1ccc2c(c1)C(O)(C(N)=O)CC2. The highest BCUT2D eigenvalue weighted by molar-refractivity contribution is 5.86. The molecule has 0 aromatic heterocycles. The van der Waals surface area contributed by atoms with Gasteiger partial charge in [0, 0.05) is 0 Å². The van der Waals surface area contributed by atoms with Crippen LogP contribution in [-0.2, 0) is 16.8 Å². The molecule has 0 saturated heterocycles. The van der Waals surface area contributed by atoms with Gasteiger partial charge in [0.05, 0.1) is 7.11 Å². The quantitative estimate of drug-likeness (QED) is 0.733. The van der Waals surface area contributed by atoms with Gasteiger partial charge in [0.1, 0.15) is 5.75 Å². The number of amides is 1. The smallest absolute Gasteiger partial charge is 0.254 e. The Bertz CT molecular complexity index is 416. The summed E-state index contributed by atoms with van der Waals surface area (Å²) in [6, 6.07) is 5.34. The zero-order chi connectivity index (χ0) is 11.1. The summed E-state index contributed by atoms with van der Waals surface area (Å²) in [5.41, 5.74) is 5.22. The minimum atomic E-state index is -1.52. The molecule has 80 valence electrons. The number of primary amides is 1. The lowest BCUT2D eigenvalue weighted by Gasteiger charge is -2.19. The number of carbonyl (C=O) groups is 1. The molecule has 4 heteroatoms. The second-order valence-corrected chi connectivity index (χ2v) is 3.75. The van der Waals surface area contributed by atoms with Crippen molar-refractivity contribution in [3.05, 3.63) is 29.3 Å². The molecule has 0 aliphatic heterocycles. The Morgan fingerprint density at radius 3 is 2.93 bits per heavy atom. The van der Waals surface area contributed by atoms with Crippen LogP contribution in [0.5, 0.6) is 5.75 Å². The molecule has 3 N–H and O–H groups in total. The first-order valence-corrected chi connectivity index (χ1v) is 4.77. The fraction of sp³-hybridized carbons (Fsp3) is 0.364. The lowest BCUT2D eigenvalue weighted by Crippen LogP contribution is -2.39. The fourth-order valence-electron chi connectivity index (χ4n) is 1.99. The van der Waals surface area contributed by atoms with Crippen molar-refractivity contribution in [3.63, 3.8) is 0 Å². The van der Waals surface area contributed by atoms with Crippen LogP contribution in [0.25, 0.3) is 0 Å². The Morgan fingerprint density at radius 1 is 1.60 bits per heavy atom. The van der Waals surface area contributed by atoms with Crippen molar-refractivity contribution in [3.8, 4) is 5.75 Å². The Hall–Kier alpha value is -1.55. The molecule has 0 radical (unpaired) electrons. The Kier molecular flexibility index (Phi) is 2.16. The number of hydrogen-bond acceptors (Lipinski definition) is 3. The second-order valence-electron chi connectivity index (χ2n) is 3.75. The van der Waals surface area contributed by atoms with E-state index >= 15 is 0 Å². The van der Waals surface area contributed by atoms with Crippen molar-refractivity contribution in [1.29, 1.82) is 0 Å². The third-order valence-corrected chi connectivity index (χ3v) is 2.93. The molecule has 0 fully saturated rings. The molecule has 4 nitrogen and oxygen atoms in total. The van der Waals surface area contributed by atoms with E-state index in [1.165, 1.54) is 0 Å². The van der Waals surface area contributed by atoms with Crippen LogP contribution in [0.1, 0.15) is 17.5 Å². The van der Waals surface area contributed by atoms with Crippen LogP contribution in [0.2, 0.25) is 0 Å². The Morgan fingerprint density at radius 2 is 2.33 bits per heavy atom. The van der Waals surface area contributed by atoms with Crippen molar-refractivity contribution in [2.75, 3.05) is 7.11 Å². The van der Waals surface area contributed by atoms with Crippen molar-refractivity contribution >= 4 is 5.91 Å². The van der Waals surface area contributed by atoms with Crippen LogP contribution < -0.4 is 10.5 Å². The molecule has 1 unspecified atom stereocenters. The predicted octanol–water partition coefficient (Wildman–Crippen LogP) is 0.314. The number of nitrogens with two attached hydrogens (primary N) is 1. The molecule has 0 heterocycles. The van der Waals surface area contributed by atoms with E-state index in [-0.39, 0.29) is 0 Å². The zero-order valence-electron chi connectivity index (χ0n) is 8.49. The third kappa shape index (κ3) is 1.37. The number of aliphatic hydroxyl groups is 1. The predicted molar refractivity (Wildman–Crippen MR) is 54.4 cm³/mol. The van der Waals surface area contributed by atoms with Gasteiger partial charge < -0.3 is 15.6 Å². The summed E-state index contributed by atoms with van der Waals surface area (Å²) in [5.74, 6) is -0.0789. The molecule has 0 spiro atoms. The summed E-state index contributed by atoms with van der Waals surface area (Å²) < 4.78 is 5.05. The maximum absolute atomic E-state index is 11.2. The van der Waals surface area contributed by atoms with Gasteiger partial charge in [0.15, 0.2) is 5.60 Å². The molecule has 0 bridgehead atoms. The number of benzene rings is 1. The molecular formula is C11H13NO3. The van der Waals surface area contributed by atoms with E-state index in [1.807, 2.05) is 12.1 Å². The highest BCUT2D eigenvalue weighted by atomic mass is 16.5. The number of ether oxygens (including phenoxy) is 1. The van der Waals surface area contributed by atoms with Gasteiger partial charge in [0.2, 0.25) is 0 Å². The van der Waals surface area contributed by atoms with E-state index in [1.54, 1.807) is 13.2 Å². The Labute approximate surface area is 87.7 Å². The number of hydrogen-bond donors (Lipinski definition) is 2. The molecular weight excluding hydrogens is 194 g/mol. The number of rotatable bonds is 2. The summed E-state index contributed by atoms with van der Waals surface area (Å²) in [6.07, 6.45) is 1.02. The van der Waals surface area contributed by atoms with Crippen LogP contribution in [0.3, 0.4) is 0 Å². The molecule has 15 heavy (non-hydrogen) atoms. The maximum Gasteiger partial charge on any atom is 0.254 e. The molecule has 0 saturated carbocycles. The van der Waals surface area contributed by atoms with Crippen molar-refractivity contribution < 1.29 is 14.6 Å². The number of carbonyl (C=O) groups excluding carboxylic acids is 1. The fourth-order valence-corrected chi connectivity index (χ4v) is 1.99. The van der Waals surface area contributed by atoms with E-state index < -0.39 is 11.5 Å². The van der Waals surface area contributed by atoms with Crippen molar-refractivity contribution in [2.24, 2.45) is 5.73 Å². The first-order valence-electron chi connectivity index (χ1n) is 4.77. The summed E-state index contributed by atoms with van der Waals surface area (Å²) in [5, 5.41) is 10.1. The van der Waals surface area contributed by atoms with Gasteiger partial charge in [-0.2, -0.15) is 0 Å². The Balaban J connectivity index is 2.53. The molecule has 1 atom stereocenters. The van der Waals surface area contributed by atoms with Gasteiger partial charge in [-0.15, -0.1) is 0 Å². The monoisotopic (exact) mass is 207 g/mol.